The molecule has 16 heteroatoms. The second-order valence-electron chi connectivity index (χ2n) is 6.21. The van der Waals surface area contributed by atoms with Crippen LogP contribution in [0.4, 0.5) is 30.7 Å². The van der Waals surface area contributed by atoms with Crippen molar-refractivity contribution in [3.63, 3.8) is 0 Å². The van der Waals surface area contributed by atoms with Gasteiger partial charge in [0.05, 0.1) is 6.61 Å². The van der Waals surface area contributed by atoms with Crippen LogP contribution < -0.4 is 5.32 Å². The Labute approximate surface area is 166 Å². The van der Waals surface area contributed by atoms with Gasteiger partial charge in [0.1, 0.15) is 0 Å². The fourth-order valence-electron chi connectivity index (χ4n) is 1.64. The molecular formula is C14H18F7NO7S. The Morgan fingerprint density at radius 1 is 1.10 bits per heavy atom. The first-order valence-electron chi connectivity index (χ1n) is 7.75. The van der Waals surface area contributed by atoms with Crippen molar-refractivity contribution in [2.24, 2.45) is 0 Å². The maximum Gasteiger partial charge on any atom is 0.466 e. The molecule has 0 fully saturated rings. The number of hydrogen-bond donors (Lipinski definition) is 2. The summed E-state index contributed by atoms with van der Waals surface area (Å²) in [6.07, 6.45) is -8.31. The molecule has 0 spiro atoms. The van der Waals surface area contributed by atoms with Crippen LogP contribution in [0.1, 0.15) is 27.2 Å². The first-order chi connectivity index (χ1) is 13.1. The minimum atomic E-state index is -6.65. The number of hydrogen-bond acceptors (Lipinski definition) is 6. The summed E-state index contributed by atoms with van der Waals surface area (Å²) in [7, 11) is -6.65. The molecule has 0 aliphatic rings. The highest BCUT2D eigenvalue weighted by atomic mass is 32.2. The Bertz CT molecular complexity index is 780. The fourth-order valence-corrected chi connectivity index (χ4v) is 2.12. The molecule has 0 radical (unpaired) electrons. The monoisotopic (exact) mass is 477 g/mol. The van der Waals surface area contributed by atoms with Crippen molar-refractivity contribution in [2.45, 2.75) is 56.4 Å². The highest BCUT2D eigenvalue weighted by molar-refractivity contribution is 7.87. The zero-order valence-corrected chi connectivity index (χ0v) is 16.5. The van der Waals surface area contributed by atoms with Crippen molar-refractivity contribution in [1.82, 2.24) is 5.32 Å². The van der Waals surface area contributed by atoms with E-state index in [1.165, 1.54) is 13.8 Å². The molecular weight excluding hydrogens is 459 g/mol. The van der Waals surface area contributed by atoms with Crippen LogP contribution in [0.25, 0.3) is 0 Å². The lowest BCUT2D eigenvalue weighted by Crippen LogP contribution is -2.62. The molecule has 8 nitrogen and oxygen atoms in total. The summed E-state index contributed by atoms with van der Waals surface area (Å²) in [6.45, 7) is 4.17. The van der Waals surface area contributed by atoms with E-state index in [1.807, 2.05) is 0 Å². The number of nitrogens with one attached hydrogen (secondary N) is 1. The fraction of sp³-hybridized carbons (Fsp3) is 0.714. The smallest absolute Gasteiger partial charge is 0.412 e. The maximum absolute atomic E-state index is 13.6. The number of ether oxygens (including phenoxy) is 2. The van der Waals surface area contributed by atoms with Crippen LogP contribution in [0.2, 0.25) is 0 Å². The van der Waals surface area contributed by atoms with Crippen molar-refractivity contribution in [1.29, 1.82) is 0 Å². The number of amides is 1. The summed E-state index contributed by atoms with van der Waals surface area (Å²) in [5, 5.41) is -4.41. The highest BCUT2D eigenvalue weighted by Crippen LogP contribution is 2.42. The van der Waals surface area contributed by atoms with Gasteiger partial charge in [-0.25, -0.2) is 4.79 Å². The number of carbonyl (C=O) groups excluding carboxylic acids is 2. The van der Waals surface area contributed by atoms with E-state index in [0.29, 0.717) is 0 Å². The average Bonchev–Trinajstić information content (AvgIpc) is 2.50. The molecule has 0 aliphatic carbocycles. The summed E-state index contributed by atoms with van der Waals surface area (Å²) in [5.41, 5.74) is -0.659. The molecule has 2 N–H and O–H groups in total. The van der Waals surface area contributed by atoms with Gasteiger partial charge >= 0.3 is 45.1 Å². The van der Waals surface area contributed by atoms with E-state index in [4.69, 9.17) is 4.55 Å². The lowest BCUT2D eigenvalue weighted by Gasteiger charge is -2.34. The minimum Gasteiger partial charge on any atom is -0.412 e. The van der Waals surface area contributed by atoms with E-state index in [0.717, 1.165) is 6.92 Å². The Kier molecular flexibility index (Phi) is 8.47. The molecule has 176 valence electrons. The van der Waals surface area contributed by atoms with Crippen LogP contribution >= 0.6 is 0 Å². The average molecular weight is 477 g/mol. The first kappa shape index (κ1) is 28.1. The van der Waals surface area contributed by atoms with E-state index in [1.54, 1.807) is 5.32 Å². The van der Waals surface area contributed by atoms with Crippen LogP contribution in [0, 0.1) is 0 Å². The lowest BCUT2D eigenvalue weighted by molar-refractivity contribution is -0.349. The van der Waals surface area contributed by atoms with Crippen molar-refractivity contribution < 1.29 is 62.8 Å². The summed E-state index contributed by atoms with van der Waals surface area (Å²) in [4.78, 5) is 23.6. The Balaban J connectivity index is 6.03. The van der Waals surface area contributed by atoms with E-state index < -0.39 is 69.8 Å². The topological polar surface area (TPSA) is 119 Å². The molecule has 1 amide bonds. The molecule has 1 unspecified atom stereocenters. The van der Waals surface area contributed by atoms with Gasteiger partial charge in [0.15, 0.2) is 0 Å². The van der Waals surface area contributed by atoms with E-state index in [2.05, 4.69) is 16.1 Å². The first-order valence-corrected chi connectivity index (χ1v) is 9.19. The molecule has 0 saturated carbocycles. The molecule has 30 heavy (non-hydrogen) atoms. The molecule has 0 saturated heterocycles. The standard InChI is InChI=1S/C14H18F7NO7S/c1-7(2)9(23)29-12(13(17,18)19,10(24)22-8(3)4)28-6-5-11(15,16)14(20,21)30(25,26)27/h8H,1,5-6H2,2-4H3,(H,22,24)(H,25,26,27). The predicted molar refractivity (Wildman–Crippen MR) is 85.0 cm³/mol. The van der Waals surface area contributed by atoms with Crippen LogP contribution in [0.3, 0.4) is 0 Å². The molecule has 1 atom stereocenters. The quantitative estimate of drug-likeness (QED) is 0.163. The van der Waals surface area contributed by atoms with Gasteiger partial charge in [-0.1, -0.05) is 6.58 Å². The van der Waals surface area contributed by atoms with E-state index in [-0.39, 0.29) is 0 Å². The third kappa shape index (κ3) is 6.04. The Morgan fingerprint density at radius 3 is 1.90 bits per heavy atom. The Morgan fingerprint density at radius 2 is 1.57 bits per heavy atom. The van der Waals surface area contributed by atoms with Crippen LogP contribution in [-0.4, -0.2) is 60.6 Å². The molecule has 0 aliphatic heterocycles. The zero-order valence-electron chi connectivity index (χ0n) is 15.6. The van der Waals surface area contributed by atoms with Crippen LogP contribution in [0.5, 0.6) is 0 Å². The van der Waals surface area contributed by atoms with Gasteiger partial charge in [-0.2, -0.15) is 39.2 Å². The molecule has 0 rings (SSSR count). The third-order valence-electron chi connectivity index (χ3n) is 3.15. The maximum atomic E-state index is 13.6. The van der Waals surface area contributed by atoms with Gasteiger partial charge in [0.25, 0.3) is 0 Å². The molecule has 0 aromatic rings. The third-order valence-corrected chi connectivity index (χ3v) is 4.09. The number of esters is 1. The molecule has 0 aromatic carbocycles. The van der Waals surface area contributed by atoms with Gasteiger partial charge in [0.2, 0.25) is 0 Å². The van der Waals surface area contributed by atoms with Crippen molar-refractivity contribution in [3.05, 3.63) is 12.2 Å². The van der Waals surface area contributed by atoms with Gasteiger partial charge in [-0.05, 0) is 20.8 Å². The Hall–Kier alpha value is -1.94. The number of halogens is 7. The summed E-state index contributed by atoms with van der Waals surface area (Å²) in [6, 6.07) is -1.00. The summed E-state index contributed by atoms with van der Waals surface area (Å²) < 4.78 is 131. The van der Waals surface area contributed by atoms with Crippen molar-refractivity contribution in [3.8, 4) is 0 Å². The van der Waals surface area contributed by atoms with E-state index in [9.17, 15) is 48.7 Å². The molecule has 0 heterocycles. The van der Waals surface area contributed by atoms with Crippen LogP contribution in [0.15, 0.2) is 12.2 Å². The van der Waals surface area contributed by atoms with Crippen LogP contribution in [-0.2, 0) is 29.2 Å². The number of carbonyl (C=O) groups is 2. The van der Waals surface area contributed by atoms with Crippen molar-refractivity contribution in [2.75, 3.05) is 6.61 Å². The SMILES string of the molecule is C=C(C)C(=O)OC(OCCC(F)(F)C(F)(F)S(=O)(=O)O)(C(=O)NC(C)C)C(F)(F)F. The normalized spacial score (nSPS) is 15.5. The van der Waals surface area contributed by atoms with Gasteiger partial charge in [-0.3, -0.25) is 9.35 Å². The van der Waals surface area contributed by atoms with Crippen molar-refractivity contribution >= 4 is 22.0 Å². The molecule has 0 aromatic heterocycles. The van der Waals surface area contributed by atoms with E-state index >= 15 is 0 Å². The predicted octanol–water partition coefficient (Wildman–Crippen LogP) is 2.41. The highest BCUT2D eigenvalue weighted by Gasteiger charge is 2.68. The number of alkyl halides is 7. The second kappa shape index (κ2) is 9.05. The molecule has 0 bridgehead atoms. The zero-order chi connectivity index (χ0) is 24.3. The minimum absolute atomic E-state index is 0.659. The largest absolute Gasteiger partial charge is 0.466 e. The van der Waals surface area contributed by atoms with Gasteiger partial charge in [0, 0.05) is 18.0 Å². The lowest BCUT2D eigenvalue weighted by atomic mass is 10.2. The second-order valence-corrected chi connectivity index (χ2v) is 7.67. The van der Waals surface area contributed by atoms with Gasteiger partial charge < -0.3 is 14.8 Å². The summed E-state index contributed by atoms with van der Waals surface area (Å²) in [5.74, 6) is -14.2. The summed E-state index contributed by atoms with van der Waals surface area (Å²) >= 11 is 0. The van der Waals surface area contributed by atoms with Gasteiger partial charge in [-0.15, -0.1) is 0 Å². The number of rotatable bonds is 10.